The number of nitrogens with two attached hydrogens (primary N) is 1. The van der Waals surface area contributed by atoms with Crippen molar-refractivity contribution in [2.75, 3.05) is 5.73 Å². The maximum absolute atomic E-state index is 9.42. The minimum absolute atomic E-state index is 0.170. The predicted octanol–water partition coefficient (Wildman–Crippen LogP) is 4.35. The van der Waals surface area contributed by atoms with Crippen LogP contribution in [0.15, 0.2) is 36.5 Å². The van der Waals surface area contributed by atoms with E-state index in [9.17, 15) is 5.26 Å². The summed E-state index contributed by atoms with van der Waals surface area (Å²) < 4.78 is 1.37. The van der Waals surface area contributed by atoms with Crippen molar-refractivity contribution in [1.82, 2.24) is 14.8 Å². The molecule has 23 heavy (non-hydrogen) atoms. The second-order valence-electron chi connectivity index (χ2n) is 4.59. The molecule has 114 valence electrons. The monoisotopic (exact) mass is 363 g/mol. The second-order valence-corrected chi connectivity index (χ2v) is 5.87. The average Bonchev–Trinajstić information content (AvgIpc) is 2.84. The van der Waals surface area contributed by atoms with Crippen molar-refractivity contribution in [2.45, 2.75) is 0 Å². The number of benzene rings is 1. The van der Waals surface area contributed by atoms with Crippen LogP contribution in [0.5, 0.6) is 0 Å². The van der Waals surface area contributed by atoms with Crippen LogP contribution in [-0.2, 0) is 0 Å². The van der Waals surface area contributed by atoms with Crippen LogP contribution in [-0.4, -0.2) is 14.8 Å². The molecule has 0 amide bonds. The molecule has 0 unspecified atom stereocenters. The molecule has 0 saturated carbocycles. The first kappa shape index (κ1) is 15.6. The zero-order chi connectivity index (χ0) is 16.6. The first-order valence-electron chi connectivity index (χ1n) is 6.37. The number of hydrogen-bond donors (Lipinski definition) is 1. The molecule has 0 spiro atoms. The quantitative estimate of drug-likeness (QED) is 0.733. The Bertz CT molecular complexity index is 926. The molecular weight excluding hydrogens is 357 g/mol. The van der Waals surface area contributed by atoms with E-state index in [1.165, 1.54) is 10.9 Å². The van der Waals surface area contributed by atoms with Crippen LogP contribution in [0.4, 0.5) is 5.82 Å². The van der Waals surface area contributed by atoms with Gasteiger partial charge in [0.1, 0.15) is 23.1 Å². The first-order chi connectivity index (χ1) is 11.0. The number of rotatable bonds is 2. The summed E-state index contributed by atoms with van der Waals surface area (Å²) in [5, 5.41) is 15.1. The van der Waals surface area contributed by atoms with Gasteiger partial charge in [0, 0.05) is 16.8 Å². The maximum atomic E-state index is 9.42. The SMILES string of the molecule is N#Cc1c(-c2ccc(Cl)cc2Cl)nn(-c2ccc(Cl)cn2)c1N. The van der Waals surface area contributed by atoms with E-state index in [1.807, 2.05) is 0 Å². The summed E-state index contributed by atoms with van der Waals surface area (Å²) >= 11 is 17.9. The summed E-state index contributed by atoms with van der Waals surface area (Å²) in [7, 11) is 0. The third-order valence-corrected chi connectivity index (χ3v) is 3.92. The fourth-order valence-corrected chi connectivity index (χ4v) is 2.69. The Morgan fingerprint density at radius 3 is 2.43 bits per heavy atom. The number of pyridine rings is 1. The lowest BCUT2D eigenvalue weighted by Crippen LogP contribution is -2.04. The van der Waals surface area contributed by atoms with E-state index < -0.39 is 0 Å². The Morgan fingerprint density at radius 1 is 1.09 bits per heavy atom. The number of aromatic nitrogens is 3. The summed E-state index contributed by atoms with van der Waals surface area (Å²) in [4.78, 5) is 4.15. The van der Waals surface area contributed by atoms with Gasteiger partial charge in [-0.2, -0.15) is 15.0 Å². The van der Waals surface area contributed by atoms with Crippen LogP contribution < -0.4 is 5.73 Å². The van der Waals surface area contributed by atoms with E-state index in [0.717, 1.165) is 0 Å². The summed E-state index contributed by atoms with van der Waals surface area (Å²) in [6.07, 6.45) is 1.47. The van der Waals surface area contributed by atoms with Crippen LogP contribution in [0.2, 0.25) is 15.1 Å². The predicted molar refractivity (Wildman–Crippen MR) is 91.0 cm³/mol. The van der Waals surface area contributed by atoms with Crippen LogP contribution in [0.3, 0.4) is 0 Å². The molecule has 0 saturated heterocycles. The molecule has 0 radical (unpaired) electrons. The molecule has 0 fully saturated rings. The third kappa shape index (κ3) is 2.84. The highest BCUT2D eigenvalue weighted by Crippen LogP contribution is 2.34. The summed E-state index contributed by atoms with van der Waals surface area (Å²) in [5.41, 5.74) is 7.18. The van der Waals surface area contributed by atoms with Crippen molar-refractivity contribution in [3.63, 3.8) is 0 Å². The van der Waals surface area contributed by atoms with E-state index >= 15 is 0 Å². The van der Waals surface area contributed by atoms with Gasteiger partial charge < -0.3 is 5.73 Å². The van der Waals surface area contributed by atoms with Crippen molar-refractivity contribution in [2.24, 2.45) is 0 Å². The lowest BCUT2D eigenvalue weighted by atomic mass is 10.1. The van der Waals surface area contributed by atoms with Gasteiger partial charge in [-0.3, -0.25) is 0 Å². The molecule has 0 atom stereocenters. The zero-order valence-electron chi connectivity index (χ0n) is 11.5. The molecule has 1 aromatic carbocycles. The van der Waals surface area contributed by atoms with Gasteiger partial charge in [0.25, 0.3) is 0 Å². The lowest BCUT2D eigenvalue weighted by molar-refractivity contribution is 0.860. The molecule has 0 aliphatic rings. The smallest absolute Gasteiger partial charge is 0.155 e. The minimum Gasteiger partial charge on any atom is -0.382 e. The molecule has 2 heterocycles. The normalized spacial score (nSPS) is 10.5. The molecule has 0 aliphatic carbocycles. The summed E-state index contributed by atoms with van der Waals surface area (Å²) in [5.74, 6) is 0.614. The molecule has 8 heteroatoms. The maximum Gasteiger partial charge on any atom is 0.155 e. The van der Waals surface area contributed by atoms with Gasteiger partial charge >= 0.3 is 0 Å². The van der Waals surface area contributed by atoms with Crippen molar-refractivity contribution >= 4 is 40.6 Å². The number of hydrogen-bond acceptors (Lipinski definition) is 4. The Kier molecular flexibility index (Phi) is 4.14. The van der Waals surface area contributed by atoms with Crippen LogP contribution in [0, 0.1) is 11.3 Å². The van der Waals surface area contributed by atoms with Crippen molar-refractivity contribution < 1.29 is 0 Å². The highest BCUT2D eigenvalue weighted by molar-refractivity contribution is 6.36. The van der Waals surface area contributed by atoms with Gasteiger partial charge in [-0.25, -0.2) is 4.98 Å². The van der Waals surface area contributed by atoms with Crippen molar-refractivity contribution in [3.05, 3.63) is 57.2 Å². The van der Waals surface area contributed by atoms with Crippen LogP contribution in [0.25, 0.3) is 17.1 Å². The number of halogens is 3. The molecule has 3 aromatic rings. The van der Waals surface area contributed by atoms with Gasteiger partial charge in [0.15, 0.2) is 5.82 Å². The highest BCUT2D eigenvalue weighted by Gasteiger charge is 2.20. The van der Waals surface area contributed by atoms with E-state index in [2.05, 4.69) is 16.2 Å². The molecule has 2 aromatic heterocycles. The molecule has 5 nitrogen and oxygen atoms in total. The van der Waals surface area contributed by atoms with Gasteiger partial charge in [0.2, 0.25) is 0 Å². The molecule has 0 bridgehead atoms. The first-order valence-corrected chi connectivity index (χ1v) is 7.50. The van der Waals surface area contributed by atoms with Crippen LogP contribution in [0.1, 0.15) is 5.56 Å². The number of nitrogen functional groups attached to an aromatic ring is 1. The summed E-state index contributed by atoms with van der Waals surface area (Å²) in [6.45, 7) is 0. The van der Waals surface area contributed by atoms with E-state index in [4.69, 9.17) is 40.5 Å². The molecule has 0 aliphatic heterocycles. The Hall–Kier alpha value is -2.26. The highest BCUT2D eigenvalue weighted by atomic mass is 35.5. The molecular formula is C15H8Cl3N5. The topological polar surface area (TPSA) is 80.5 Å². The zero-order valence-corrected chi connectivity index (χ0v) is 13.7. The molecule has 3 rings (SSSR count). The van der Waals surface area contributed by atoms with Crippen LogP contribution >= 0.6 is 34.8 Å². The number of anilines is 1. The second kappa shape index (κ2) is 6.09. The third-order valence-electron chi connectivity index (χ3n) is 3.15. The van der Waals surface area contributed by atoms with E-state index in [0.29, 0.717) is 32.1 Å². The number of nitriles is 1. The Balaban J connectivity index is 2.21. The fraction of sp³-hybridized carbons (Fsp3) is 0. The Morgan fingerprint density at radius 2 is 1.83 bits per heavy atom. The largest absolute Gasteiger partial charge is 0.382 e. The van der Waals surface area contributed by atoms with Gasteiger partial charge in [-0.15, -0.1) is 0 Å². The summed E-state index contributed by atoms with van der Waals surface area (Å²) in [6, 6.07) is 10.3. The average molecular weight is 365 g/mol. The molecule has 2 N–H and O–H groups in total. The standard InChI is InChI=1S/C15H8Cl3N5/c16-8-1-3-10(12(18)5-8)14-11(6-19)15(20)23(22-14)13-4-2-9(17)7-21-13/h1-5,7H,20H2. The van der Waals surface area contributed by atoms with Gasteiger partial charge in [-0.05, 0) is 30.3 Å². The van der Waals surface area contributed by atoms with Crippen molar-refractivity contribution in [3.8, 4) is 23.1 Å². The number of nitrogens with zero attached hydrogens (tertiary/aromatic N) is 4. The minimum atomic E-state index is 0.170. The van der Waals surface area contributed by atoms with Gasteiger partial charge in [0.05, 0.1) is 10.0 Å². The fourth-order valence-electron chi connectivity index (χ4n) is 2.08. The Labute approximate surface area is 146 Å². The van der Waals surface area contributed by atoms with Crippen molar-refractivity contribution in [1.29, 1.82) is 5.26 Å². The lowest BCUT2D eigenvalue weighted by Gasteiger charge is -2.02. The van der Waals surface area contributed by atoms with E-state index in [-0.39, 0.29) is 11.4 Å². The van der Waals surface area contributed by atoms with Gasteiger partial charge in [-0.1, -0.05) is 34.8 Å². The van der Waals surface area contributed by atoms with E-state index in [1.54, 1.807) is 30.3 Å².